The monoisotopic (exact) mass is 436 g/mol. The first-order valence-corrected chi connectivity index (χ1v) is 9.84. The molecule has 1 heterocycles. The van der Waals surface area contributed by atoms with Gasteiger partial charge in [0.2, 0.25) is 5.82 Å². The van der Waals surface area contributed by atoms with E-state index in [1.54, 1.807) is 19.1 Å². The molecule has 8 heteroatoms. The zero-order chi connectivity index (χ0) is 22.7. The summed E-state index contributed by atoms with van der Waals surface area (Å²) in [4.78, 5) is 16.0. The van der Waals surface area contributed by atoms with Crippen molar-refractivity contribution in [2.45, 2.75) is 19.6 Å². The maximum atomic E-state index is 13.4. The van der Waals surface area contributed by atoms with Gasteiger partial charge in [-0.05, 0) is 35.7 Å². The van der Waals surface area contributed by atoms with Crippen LogP contribution in [0.15, 0.2) is 84.0 Å². The summed E-state index contributed by atoms with van der Waals surface area (Å²) in [6, 6.07) is 23.7. The highest BCUT2D eigenvalue weighted by Gasteiger charge is 2.38. The molecule has 1 aromatic heterocycles. The highest BCUT2D eigenvalue weighted by atomic mass is 19.4. The van der Waals surface area contributed by atoms with Gasteiger partial charge in [-0.15, -0.1) is 0 Å². The highest BCUT2D eigenvalue weighted by molar-refractivity contribution is 5.99. The van der Waals surface area contributed by atoms with E-state index < -0.39 is 24.5 Å². The van der Waals surface area contributed by atoms with Gasteiger partial charge in [-0.3, -0.25) is 4.79 Å². The molecule has 0 unspecified atom stereocenters. The normalized spacial score (nSPS) is 12.2. The Morgan fingerprint density at radius 2 is 1.56 bits per heavy atom. The molecule has 1 amide bonds. The molecule has 4 aromatic rings. The molecule has 1 N–H and O–H groups in total. The van der Waals surface area contributed by atoms with Crippen molar-refractivity contribution in [3.8, 4) is 11.1 Å². The first-order chi connectivity index (χ1) is 15.3. The van der Waals surface area contributed by atoms with Gasteiger partial charge in [0.25, 0.3) is 5.91 Å². The fourth-order valence-electron chi connectivity index (χ4n) is 3.38. The van der Waals surface area contributed by atoms with Crippen molar-refractivity contribution in [2.24, 2.45) is 5.10 Å². The molecule has 5 nitrogen and oxygen atoms in total. The molecule has 0 radical (unpaired) electrons. The van der Waals surface area contributed by atoms with Crippen LogP contribution in [0.25, 0.3) is 22.2 Å². The van der Waals surface area contributed by atoms with Crippen molar-refractivity contribution < 1.29 is 18.0 Å². The molecule has 0 saturated heterocycles. The first kappa shape index (κ1) is 21.3. The van der Waals surface area contributed by atoms with Crippen molar-refractivity contribution in [1.82, 2.24) is 15.0 Å². The number of halogens is 3. The lowest BCUT2D eigenvalue weighted by Gasteiger charge is -2.11. The number of aromatic nitrogens is 2. The summed E-state index contributed by atoms with van der Waals surface area (Å²) in [5.74, 6) is -1.80. The van der Waals surface area contributed by atoms with Crippen LogP contribution in [0, 0.1) is 0 Å². The number of nitrogens with one attached hydrogen (secondary N) is 1. The Labute approximate surface area is 182 Å². The number of nitrogens with zero attached hydrogens (tertiary/aromatic N) is 3. The summed E-state index contributed by atoms with van der Waals surface area (Å²) in [6.07, 6.45) is -4.68. The maximum absolute atomic E-state index is 13.4. The Hall–Kier alpha value is -3.94. The molecule has 0 aliphatic rings. The van der Waals surface area contributed by atoms with Crippen molar-refractivity contribution in [2.75, 3.05) is 0 Å². The van der Waals surface area contributed by atoms with Crippen LogP contribution in [0.4, 0.5) is 13.2 Å². The minimum Gasteiger partial charge on any atom is -0.311 e. The summed E-state index contributed by atoms with van der Waals surface area (Å²) in [5, 5.41) is 4.05. The number of imidazole rings is 1. The van der Waals surface area contributed by atoms with E-state index in [1.807, 2.05) is 54.6 Å². The van der Waals surface area contributed by atoms with Crippen molar-refractivity contribution in [3.05, 3.63) is 90.3 Å². The van der Waals surface area contributed by atoms with Gasteiger partial charge < -0.3 is 4.57 Å². The predicted octanol–water partition coefficient (Wildman–Crippen LogP) is 5.26. The fraction of sp³-hybridized carbons (Fsp3) is 0.125. The zero-order valence-corrected chi connectivity index (χ0v) is 17.1. The Bertz CT molecular complexity index is 1280. The molecular weight excluding hydrogens is 417 g/mol. The maximum Gasteiger partial charge on any atom is 0.449 e. The Morgan fingerprint density at radius 3 is 2.25 bits per heavy atom. The van der Waals surface area contributed by atoms with Gasteiger partial charge in [0.1, 0.15) is 6.54 Å². The molecule has 0 atom stereocenters. The number of alkyl halides is 3. The number of hydrogen-bond donors (Lipinski definition) is 1. The van der Waals surface area contributed by atoms with Crippen LogP contribution in [-0.4, -0.2) is 21.2 Å². The van der Waals surface area contributed by atoms with E-state index in [0.29, 0.717) is 5.71 Å². The number of carbonyl (C=O) groups excluding carboxylic acids is 1. The number of amides is 1. The van der Waals surface area contributed by atoms with Crippen molar-refractivity contribution >= 4 is 22.7 Å². The molecule has 0 aliphatic heterocycles. The number of carbonyl (C=O) groups is 1. The van der Waals surface area contributed by atoms with Gasteiger partial charge >= 0.3 is 6.18 Å². The quantitative estimate of drug-likeness (QED) is 0.343. The van der Waals surface area contributed by atoms with Crippen LogP contribution < -0.4 is 5.43 Å². The number of hydrogen-bond acceptors (Lipinski definition) is 3. The largest absolute Gasteiger partial charge is 0.449 e. The van der Waals surface area contributed by atoms with Gasteiger partial charge in [-0.25, -0.2) is 10.4 Å². The summed E-state index contributed by atoms with van der Waals surface area (Å²) in [5.41, 5.74) is 6.18. The van der Waals surface area contributed by atoms with Gasteiger partial charge in [-0.2, -0.15) is 18.3 Å². The molecule has 0 aliphatic carbocycles. The Balaban J connectivity index is 1.49. The second-order valence-electron chi connectivity index (χ2n) is 7.18. The zero-order valence-electron chi connectivity index (χ0n) is 17.1. The average Bonchev–Trinajstić information content (AvgIpc) is 3.17. The van der Waals surface area contributed by atoms with E-state index in [-0.39, 0.29) is 11.0 Å². The van der Waals surface area contributed by atoms with E-state index in [4.69, 9.17) is 0 Å². The molecule has 0 saturated carbocycles. The SMILES string of the molecule is C/C(=N\NC(=O)Cn1c(C(F)(F)F)nc2ccccc21)c1ccc(-c2ccccc2)cc1. The third kappa shape index (κ3) is 4.54. The minimum atomic E-state index is -4.68. The van der Waals surface area contributed by atoms with Crippen LogP contribution >= 0.6 is 0 Å². The average molecular weight is 436 g/mol. The van der Waals surface area contributed by atoms with E-state index in [2.05, 4.69) is 15.5 Å². The van der Waals surface area contributed by atoms with Gasteiger partial charge in [-0.1, -0.05) is 66.7 Å². The van der Waals surface area contributed by atoms with E-state index >= 15 is 0 Å². The predicted molar refractivity (Wildman–Crippen MR) is 117 cm³/mol. The van der Waals surface area contributed by atoms with Crippen LogP contribution in [0.2, 0.25) is 0 Å². The van der Waals surface area contributed by atoms with E-state index in [1.165, 1.54) is 12.1 Å². The first-order valence-electron chi connectivity index (χ1n) is 9.84. The van der Waals surface area contributed by atoms with Crippen molar-refractivity contribution in [1.29, 1.82) is 0 Å². The topological polar surface area (TPSA) is 59.3 Å². The Kier molecular flexibility index (Phi) is 5.77. The standard InChI is InChI=1S/C24H19F3N4O/c1-16(17-11-13-19(14-12-17)18-7-3-2-4-8-18)29-30-22(32)15-31-21-10-6-5-9-20(21)28-23(31)24(25,26)27/h2-14H,15H2,1H3,(H,30,32)/b29-16+. The molecule has 0 bridgehead atoms. The summed E-state index contributed by atoms with van der Waals surface area (Å²) in [6.45, 7) is 1.16. The van der Waals surface area contributed by atoms with E-state index in [9.17, 15) is 18.0 Å². The minimum absolute atomic E-state index is 0.172. The van der Waals surface area contributed by atoms with Gasteiger partial charge in [0.15, 0.2) is 0 Å². The number of rotatable bonds is 5. The molecular formula is C24H19F3N4O. The molecule has 162 valence electrons. The van der Waals surface area contributed by atoms with Gasteiger partial charge in [0.05, 0.1) is 16.7 Å². The number of fused-ring (bicyclic) bond motifs is 1. The molecule has 3 aromatic carbocycles. The fourth-order valence-corrected chi connectivity index (χ4v) is 3.38. The Morgan fingerprint density at radius 1 is 0.938 bits per heavy atom. The van der Waals surface area contributed by atoms with E-state index in [0.717, 1.165) is 21.3 Å². The lowest BCUT2D eigenvalue weighted by molar-refractivity contribution is -0.147. The van der Waals surface area contributed by atoms with Crippen LogP contribution in [-0.2, 0) is 17.5 Å². The van der Waals surface area contributed by atoms with Crippen molar-refractivity contribution in [3.63, 3.8) is 0 Å². The molecule has 32 heavy (non-hydrogen) atoms. The third-order valence-corrected chi connectivity index (χ3v) is 4.97. The summed E-state index contributed by atoms with van der Waals surface area (Å²) < 4.78 is 41.0. The lowest BCUT2D eigenvalue weighted by Crippen LogP contribution is -2.27. The number of benzene rings is 3. The lowest BCUT2D eigenvalue weighted by atomic mass is 10.0. The molecule has 4 rings (SSSR count). The molecule has 0 fully saturated rings. The number of para-hydroxylation sites is 2. The number of hydrazone groups is 1. The highest BCUT2D eigenvalue weighted by Crippen LogP contribution is 2.31. The molecule has 0 spiro atoms. The third-order valence-electron chi connectivity index (χ3n) is 4.97. The second-order valence-corrected chi connectivity index (χ2v) is 7.18. The van der Waals surface area contributed by atoms with Crippen LogP contribution in [0.1, 0.15) is 18.3 Å². The second kappa shape index (κ2) is 8.66. The van der Waals surface area contributed by atoms with Crippen LogP contribution in [0.3, 0.4) is 0 Å². The summed E-state index contributed by atoms with van der Waals surface area (Å²) in [7, 11) is 0. The summed E-state index contributed by atoms with van der Waals surface area (Å²) >= 11 is 0. The van der Waals surface area contributed by atoms with Gasteiger partial charge in [0, 0.05) is 0 Å². The van der Waals surface area contributed by atoms with Crippen LogP contribution in [0.5, 0.6) is 0 Å². The smallest absolute Gasteiger partial charge is 0.311 e.